The van der Waals surface area contributed by atoms with Gasteiger partial charge in [0, 0.05) is 44.2 Å². The lowest BCUT2D eigenvalue weighted by Crippen LogP contribution is -2.44. The third-order valence-electron chi connectivity index (χ3n) is 5.19. The number of piperidine rings is 1. The van der Waals surface area contributed by atoms with Gasteiger partial charge in [0.25, 0.3) is 0 Å². The fourth-order valence-electron chi connectivity index (χ4n) is 3.53. The van der Waals surface area contributed by atoms with Gasteiger partial charge in [0.1, 0.15) is 0 Å². The third-order valence-corrected chi connectivity index (χ3v) is 5.50. The number of fused-ring (bicyclic) bond motifs is 1. The van der Waals surface area contributed by atoms with Crippen LogP contribution in [0.1, 0.15) is 18.5 Å². The normalized spacial score (nSPS) is 17.0. The van der Waals surface area contributed by atoms with Crippen LogP contribution in [0.25, 0.3) is 10.9 Å². The molecule has 0 aliphatic carbocycles. The van der Waals surface area contributed by atoms with Crippen molar-refractivity contribution in [2.24, 2.45) is 0 Å². The minimum atomic E-state index is 0.704. The van der Waals surface area contributed by atoms with Crippen LogP contribution in [-0.4, -0.2) is 73.0 Å². The van der Waals surface area contributed by atoms with E-state index >= 15 is 0 Å². The molecule has 0 radical (unpaired) electrons. The summed E-state index contributed by atoms with van der Waals surface area (Å²) in [6, 6.07) is 10.9. The van der Waals surface area contributed by atoms with Crippen LogP contribution in [0.4, 0.5) is 0 Å². The minimum Gasteiger partial charge on any atom is -0.308 e. The molecule has 0 saturated carbocycles. The fraction of sp³-hybridized carbons (Fsp3) is 0.550. The Labute approximate surface area is 156 Å². The summed E-state index contributed by atoms with van der Waals surface area (Å²) in [7, 11) is 6.54. The Morgan fingerprint density at radius 1 is 1.08 bits per heavy atom. The Hall–Kier alpha value is -1.20. The molecular weight excluding hydrogens is 332 g/mol. The molecule has 3 rings (SSSR count). The lowest BCUT2D eigenvalue weighted by Gasteiger charge is -2.37. The highest BCUT2D eigenvalue weighted by molar-refractivity contribution is 6.35. The van der Waals surface area contributed by atoms with Crippen molar-refractivity contribution < 1.29 is 0 Å². The molecule has 5 heteroatoms. The zero-order valence-corrected chi connectivity index (χ0v) is 16.3. The van der Waals surface area contributed by atoms with Gasteiger partial charge in [0.15, 0.2) is 0 Å². The molecule has 0 unspecified atom stereocenters. The smallest absolute Gasteiger partial charge is 0.0891 e. The lowest BCUT2D eigenvalue weighted by molar-refractivity contribution is 0.117. The number of hydrogen-bond acceptors (Lipinski definition) is 4. The number of aromatic nitrogens is 1. The van der Waals surface area contributed by atoms with E-state index in [2.05, 4.69) is 54.0 Å². The molecule has 1 aliphatic heterocycles. The van der Waals surface area contributed by atoms with Crippen molar-refractivity contribution in [3.63, 3.8) is 0 Å². The van der Waals surface area contributed by atoms with Gasteiger partial charge < -0.3 is 9.80 Å². The van der Waals surface area contributed by atoms with Gasteiger partial charge in [-0.25, -0.2) is 4.98 Å². The summed E-state index contributed by atoms with van der Waals surface area (Å²) in [4.78, 5) is 12.1. The van der Waals surface area contributed by atoms with Crippen LogP contribution < -0.4 is 0 Å². The largest absolute Gasteiger partial charge is 0.308 e. The van der Waals surface area contributed by atoms with Crippen LogP contribution in [0.5, 0.6) is 0 Å². The van der Waals surface area contributed by atoms with Crippen molar-refractivity contribution in [1.82, 2.24) is 19.7 Å². The molecule has 0 atom stereocenters. The van der Waals surface area contributed by atoms with Crippen LogP contribution in [0.15, 0.2) is 30.3 Å². The molecule has 1 saturated heterocycles. The molecule has 2 aromatic rings. The molecule has 136 valence electrons. The van der Waals surface area contributed by atoms with E-state index in [1.807, 2.05) is 12.1 Å². The molecule has 0 N–H and O–H groups in total. The highest BCUT2D eigenvalue weighted by Crippen LogP contribution is 2.23. The summed E-state index contributed by atoms with van der Waals surface area (Å²) >= 11 is 6.29. The quantitative estimate of drug-likeness (QED) is 0.787. The second-order valence-electron chi connectivity index (χ2n) is 7.41. The van der Waals surface area contributed by atoms with Gasteiger partial charge in [-0.1, -0.05) is 29.8 Å². The molecule has 0 amide bonds. The molecule has 1 aliphatic rings. The summed E-state index contributed by atoms with van der Waals surface area (Å²) in [5.41, 5.74) is 2.03. The molecule has 0 bridgehead atoms. The predicted octanol–water partition coefficient (Wildman–Crippen LogP) is 3.35. The van der Waals surface area contributed by atoms with Gasteiger partial charge in [-0.3, -0.25) is 4.90 Å². The average molecular weight is 361 g/mol. The number of likely N-dealkylation sites (tertiary alicyclic amines) is 1. The van der Waals surface area contributed by atoms with Gasteiger partial charge in [-0.15, -0.1) is 0 Å². The zero-order valence-electron chi connectivity index (χ0n) is 15.6. The SMILES string of the molecule is CN(C)CCN(C)C1CCN(Cc2ccc3cccc(Cl)c3n2)CC1. The first-order valence-corrected chi connectivity index (χ1v) is 9.52. The first kappa shape index (κ1) is 18.6. The number of likely N-dealkylation sites (N-methyl/N-ethyl adjacent to an activating group) is 2. The van der Waals surface area contributed by atoms with Crippen molar-refractivity contribution in [2.75, 3.05) is 47.3 Å². The van der Waals surface area contributed by atoms with Crippen molar-refractivity contribution in [2.45, 2.75) is 25.4 Å². The maximum Gasteiger partial charge on any atom is 0.0891 e. The molecule has 1 fully saturated rings. The first-order valence-electron chi connectivity index (χ1n) is 9.14. The van der Waals surface area contributed by atoms with E-state index in [4.69, 9.17) is 16.6 Å². The van der Waals surface area contributed by atoms with E-state index in [1.165, 1.54) is 12.8 Å². The summed E-state index contributed by atoms with van der Waals surface area (Å²) in [6.45, 7) is 5.45. The topological polar surface area (TPSA) is 22.6 Å². The van der Waals surface area contributed by atoms with Crippen molar-refractivity contribution in [3.05, 3.63) is 41.0 Å². The van der Waals surface area contributed by atoms with Gasteiger partial charge in [0.2, 0.25) is 0 Å². The number of para-hydroxylation sites is 1. The Kier molecular flexibility index (Phi) is 6.29. The number of halogens is 1. The van der Waals surface area contributed by atoms with Crippen LogP contribution in [0.2, 0.25) is 5.02 Å². The predicted molar refractivity (Wildman–Crippen MR) is 106 cm³/mol. The van der Waals surface area contributed by atoms with Crippen LogP contribution in [0.3, 0.4) is 0 Å². The number of rotatable bonds is 6. The summed E-state index contributed by atoms with van der Waals surface area (Å²) in [5.74, 6) is 0. The highest BCUT2D eigenvalue weighted by Gasteiger charge is 2.22. The maximum atomic E-state index is 6.29. The van der Waals surface area contributed by atoms with Gasteiger partial charge in [-0.2, -0.15) is 0 Å². The summed E-state index contributed by atoms with van der Waals surface area (Å²) < 4.78 is 0. The Morgan fingerprint density at radius 3 is 2.56 bits per heavy atom. The number of hydrogen-bond donors (Lipinski definition) is 0. The maximum absolute atomic E-state index is 6.29. The molecular formula is C20H29ClN4. The summed E-state index contributed by atoms with van der Waals surface area (Å²) in [5, 5.41) is 1.85. The number of nitrogens with zero attached hydrogens (tertiary/aromatic N) is 4. The first-order chi connectivity index (χ1) is 12.0. The van der Waals surface area contributed by atoms with Gasteiger partial charge in [0.05, 0.1) is 16.2 Å². The monoisotopic (exact) mass is 360 g/mol. The lowest BCUT2D eigenvalue weighted by atomic mass is 10.0. The Bertz CT molecular complexity index is 695. The second kappa shape index (κ2) is 8.45. The molecule has 25 heavy (non-hydrogen) atoms. The Balaban J connectivity index is 1.54. The van der Waals surface area contributed by atoms with E-state index in [1.54, 1.807) is 0 Å². The van der Waals surface area contributed by atoms with Gasteiger partial charge >= 0.3 is 0 Å². The molecule has 0 spiro atoms. The van der Waals surface area contributed by atoms with Crippen molar-refractivity contribution in [3.8, 4) is 0 Å². The van der Waals surface area contributed by atoms with Crippen LogP contribution in [0, 0.1) is 0 Å². The second-order valence-corrected chi connectivity index (χ2v) is 7.81. The van der Waals surface area contributed by atoms with E-state index in [9.17, 15) is 0 Å². The minimum absolute atomic E-state index is 0.704. The van der Waals surface area contributed by atoms with Crippen LogP contribution >= 0.6 is 11.6 Å². The van der Waals surface area contributed by atoms with Crippen molar-refractivity contribution in [1.29, 1.82) is 0 Å². The summed E-state index contributed by atoms with van der Waals surface area (Å²) in [6.07, 6.45) is 2.47. The zero-order chi connectivity index (χ0) is 17.8. The Morgan fingerprint density at radius 2 is 1.84 bits per heavy atom. The third kappa shape index (κ3) is 4.91. The number of benzene rings is 1. The highest BCUT2D eigenvalue weighted by atomic mass is 35.5. The molecule has 4 nitrogen and oxygen atoms in total. The number of pyridine rings is 1. The standard InChI is InChI=1S/C20H29ClN4/c1-23(2)13-14-24(3)18-9-11-25(12-10-18)15-17-8-7-16-5-4-6-19(21)20(16)22-17/h4-8,18H,9-15H2,1-3H3. The van der Waals surface area contributed by atoms with E-state index in [-0.39, 0.29) is 0 Å². The fourth-order valence-corrected chi connectivity index (χ4v) is 3.75. The van der Waals surface area contributed by atoms with E-state index < -0.39 is 0 Å². The van der Waals surface area contributed by atoms with Crippen molar-refractivity contribution >= 4 is 22.5 Å². The molecule has 1 aromatic carbocycles. The molecule has 2 heterocycles. The van der Waals surface area contributed by atoms with E-state index in [0.29, 0.717) is 6.04 Å². The van der Waals surface area contributed by atoms with Gasteiger partial charge in [-0.05, 0) is 46.1 Å². The average Bonchev–Trinajstić information content (AvgIpc) is 2.61. The molecule has 1 aromatic heterocycles. The van der Waals surface area contributed by atoms with Crippen LogP contribution in [-0.2, 0) is 6.54 Å². The van der Waals surface area contributed by atoms with E-state index in [0.717, 1.165) is 54.3 Å².